The molecule has 1 amide bonds. The number of aryl methyl sites for hydroxylation is 2. The summed E-state index contributed by atoms with van der Waals surface area (Å²) >= 11 is 1.31. The van der Waals surface area contributed by atoms with Crippen molar-refractivity contribution in [2.75, 3.05) is 10.7 Å². The van der Waals surface area contributed by atoms with Crippen molar-refractivity contribution in [2.24, 2.45) is 0 Å². The minimum absolute atomic E-state index is 0.0405. The second kappa shape index (κ2) is 8.63. The van der Waals surface area contributed by atoms with Crippen molar-refractivity contribution in [3.63, 3.8) is 0 Å². The molecule has 0 fully saturated rings. The molecule has 2 aromatic carbocycles. The minimum Gasteiger partial charge on any atom is -0.485 e. The molecule has 1 aliphatic rings. The maximum Gasteiger partial charge on any atom is 0.240 e. The number of rotatable bonds is 6. The van der Waals surface area contributed by atoms with Crippen LogP contribution in [0.2, 0.25) is 0 Å². The highest BCUT2D eigenvalue weighted by Crippen LogP contribution is 2.34. The van der Waals surface area contributed by atoms with Crippen LogP contribution in [0.3, 0.4) is 0 Å². The normalized spacial score (nSPS) is 16.3. The molecule has 8 heteroatoms. The Balaban J connectivity index is 1.44. The largest absolute Gasteiger partial charge is 0.485 e. The van der Waals surface area contributed by atoms with Crippen molar-refractivity contribution >= 4 is 23.4 Å². The SMILES string of the molecule is Cc1cccc(C)c1OCc1nnc(SC(C)C(=O)N2c3ccccc3CC2C)n1N. The van der Waals surface area contributed by atoms with Gasteiger partial charge in [0.25, 0.3) is 0 Å². The predicted molar refractivity (Wildman–Crippen MR) is 123 cm³/mol. The Morgan fingerprint density at radius 2 is 1.90 bits per heavy atom. The fourth-order valence-corrected chi connectivity index (χ4v) is 4.79. The Morgan fingerprint density at radius 1 is 1.19 bits per heavy atom. The average molecular weight is 438 g/mol. The summed E-state index contributed by atoms with van der Waals surface area (Å²) in [4.78, 5) is 15.1. The quantitative estimate of drug-likeness (QED) is 0.468. The first-order chi connectivity index (χ1) is 14.9. The lowest BCUT2D eigenvalue weighted by Gasteiger charge is -2.25. The number of carbonyl (C=O) groups is 1. The summed E-state index contributed by atoms with van der Waals surface area (Å²) in [5.41, 5.74) is 4.30. The van der Waals surface area contributed by atoms with Gasteiger partial charge in [-0.2, -0.15) is 0 Å². The Morgan fingerprint density at radius 3 is 2.65 bits per heavy atom. The monoisotopic (exact) mass is 437 g/mol. The predicted octanol–water partition coefficient (Wildman–Crippen LogP) is 3.65. The molecule has 3 aromatic rings. The third-order valence-corrected chi connectivity index (χ3v) is 6.61. The van der Waals surface area contributed by atoms with Crippen molar-refractivity contribution in [1.29, 1.82) is 0 Å². The number of anilines is 1. The summed E-state index contributed by atoms with van der Waals surface area (Å²) in [6, 6.07) is 14.2. The molecule has 31 heavy (non-hydrogen) atoms. The fourth-order valence-electron chi connectivity index (χ4n) is 3.96. The van der Waals surface area contributed by atoms with Gasteiger partial charge in [0.05, 0.1) is 5.25 Å². The molecule has 0 saturated heterocycles. The van der Waals surface area contributed by atoms with Gasteiger partial charge in [-0.05, 0) is 56.9 Å². The number of hydrogen-bond donors (Lipinski definition) is 1. The van der Waals surface area contributed by atoms with Gasteiger partial charge >= 0.3 is 0 Å². The van der Waals surface area contributed by atoms with Crippen molar-refractivity contribution in [3.8, 4) is 5.75 Å². The van der Waals surface area contributed by atoms with E-state index in [0.29, 0.717) is 11.0 Å². The Hall–Kier alpha value is -3.00. The van der Waals surface area contributed by atoms with Crippen molar-refractivity contribution < 1.29 is 9.53 Å². The molecule has 2 atom stereocenters. The molecule has 0 aliphatic carbocycles. The highest BCUT2D eigenvalue weighted by atomic mass is 32.2. The molecule has 2 heterocycles. The third kappa shape index (κ3) is 4.12. The molecule has 0 bridgehead atoms. The Kier molecular flexibility index (Phi) is 5.91. The fraction of sp³-hybridized carbons (Fsp3) is 0.348. The van der Waals surface area contributed by atoms with E-state index in [4.69, 9.17) is 10.6 Å². The molecule has 7 nitrogen and oxygen atoms in total. The van der Waals surface area contributed by atoms with Crippen molar-refractivity contribution in [1.82, 2.24) is 14.9 Å². The second-order valence-corrected chi connectivity index (χ2v) is 9.24. The lowest BCUT2D eigenvalue weighted by Crippen LogP contribution is -2.40. The molecule has 1 aliphatic heterocycles. The summed E-state index contributed by atoms with van der Waals surface area (Å²) in [6.45, 7) is 8.16. The van der Waals surface area contributed by atoms with Crippen LogP contribution in [0, 0.1) is 13.8 Å². The molecule has 2 unspecified atom stereocenters. The van der Waals surface area contributed by atoms with E-state index in [0.717, 1.165) is 29.0 Å². The van der Waals surface area contributed by atoms with E-state index in [2.05, 4.69) is 23.2 Å². The zero-order chi connectivity index (χ0) is 22.1. The van der Waals surface area contributed by atoms with E-state index in [9.17, 15) is 4.79 Å². The van der Waals surface area contributed by atoms with Crippen molar-refractivity contribution in [3.05, 3.63) is 65.0 Å². The highest BCUT2D eigenvalue weighted by Gasteiger charge is 2.34. The van der Waals surface area contributed by atoms with E-state index in [1.54, 1.807) is 0 Å². The number of nitrogens with two attached hydrogens (primary N) is 1. The van der Waals surface area contributed by atoms with E-state index >= 15 is 0 Å². The summed E-state index contributed by atoms with van der Waals surface area (Å²) in [7, 11) is 0. The van der Waals surface area contributed by atoms with Crippen LogP contribution in [-0.2, 0) is 17.8 Å². The maximum atomic E-state index is 13.2. The summed E-state index contributed by atoms with van der Waals surface area (Å²) < 4.78 is 7.35. The smallest absolute Gasteiger partial charge is 0.240 e. The summed E-state index contributed by atoms with van der Waals surface area (Å²) in [6.07, 6.45) is 0.867. The number of aromatic nitrogens is 3. The highest BCUT2D eigenvalue weighted by molar-refractivity contribution is 8.00. The van der Waals surface area contributed by atoms with Gasteiger partial charge in [-0.3, -0.25) is 4.79 Å². The number of fused-ring (bicyclic) bond motifs is 1. The maximum absolute atomic E-state index is 13.2. The molecule has 162 valence electrons. The standard InChI is InChI=1S/C23H27N5O2S/c1-14-8-7-9-15(2)21(14)30-13-20-25-26-23(28(20)24)31-17(4)22(29)27-16(3)12-18-10-5-6-11-19(18)27/h5-11,16-17H,12-13,24H2,1-4H3. The van der Waals surface area contributed by atoms with Crippen LogP contribution < -0.4 is 15.5 Å². The van der Waals surface area contributed by atoms with Gasteiger partial charge in [0.15, 0.2) is 5.82 Å². The van der Waals surface area contributed by atoms with Gasteiger partial charge in [0, 0.05) is 11.7 Å². The summed E-state index contributed by atoms with van der Waals surface area (Å²) in [5, 5.41) is 8.49. The number of nitrogen functional groups attached to an aromatic ring is 1. The van der Waals surface area contributed by atoms with Crippen LogP contribution in [0.25, 0.3) is 0 Å². The molecule has 1 aromatic heterocycles. The molecule has 0 spiro atoms. The van der Waals surface area contributed by atoms with Gasteiger partial charge in [-0.1, -0.05) is 48.2 Å². The van der Waals surface area contributed by atoms with Gasteiger partial charge in [-0.15, -0.1) is 10.2 Å². The third-order valence-electron chi connectivity index (χ3n) is 5.56. The van der Waals surface area contributed by atoms with Crippen LogP contribution in [-0.4, -0.2) is 32.1 Å². The molecule has 2 N–H and O–H groups in total. The number of hydrogen-bond acceptors (Lipinski definition) is 6. The molecule has 0 radical (unpaired) electrons. The first-order valence-corrected chi connectivity index (χ1v) is 11.2. The molecule has 4 rings (SSSR count). The Labute approximate surface area is 186 Å². The topological polar surface area (TPSA) is 86.3 Å². The van der Waals surface area contributed by atoms with Crippen LogP contribution >= 0.6 is 11.8 Å². The number of para-hydroxylation sites is 2. The van der Waals surface area contributed by atoms with Crippen molar-refractivity contribution in [2.45, 2.75) is 57.2 Å². The van der Waals surface area contributed by atoms with Gasteiger partial charge in [-0.25, -0.2) is 4.68 Å². The van der Waals surface area contributed by atoms with Gasteiger partial charge in [0.2, 0.25) is 11.1 Å². The molecule has 0 saturated carbocycles. The zero-order valence-corrected chi connectivity index (χ0v) is 19.0. The Bertz CT molecular complexity index is 1090. The summed E-state index contributed by atoms with van der Waals surface area (Å²) in [5.74, 6) is 7.58. The van der Waals surface area contributed by atoms with E-state index in [-0.39, 0.29) is 23.8 Å². The minimum atomic E-state index is -0.354. The van der Waals surface area contributed by atoms with E-state index < -0.39 is 0 Å². The molecular weight excluding hydrogens is 410 g/mol. The van der Waals surface area contributed by atoms with Crippen LogP contribution in [0.5, 0.6) is 5.75 Å². The van der Waals surface area contributed by atoms with Crippen LogP contribution in [0.15, 0.2) is 47.6 Å². The number of nitrogens with zero attached hydrogens (tertiary/aromatic N) is 4. The first-order valence-electron chi connectivity index (χ1n) is 10.3. The zero-order valence-electron chi connectivity index (χ0n) is 18.2. The first kappa shape index (κ1) is 21.2. The number of thioether (sulfide) groups is 1. The lowest BCUT2D eigenvalue weighted by molar-refractivity contribution is -0.118. The van der Waals surface area contributed by atoms with Gasteiger partial charge in [0.1, 0.15) is 12.4 Å². The number of carbonyl (C=O) groups excluding carboxylic acids is 1. The van der Waals surface area contributed by atoms with Crippen LogP contribution in [0.1, 0.15) is 36.4 Å². The average Bonchev–Trinajstić information content (AvgIpc) is 3.26. The lowest BCUT2D eigenvalue weighted by atomic mass is 10.1. The number of amides is 1. The van der Waals surface area contributed by atoms with E-state index in [1.807, 2.05) is 62.1 Å². The van der Waals surface area contributed by atoms with Crippen LogP contribution in [0.4, 0.5) is 5.69 Å². The van der Waals surface area contributed by atoms with Gasteiger partial charge < -0.3 is 15.5 Å². The number of benzene rings is 2. The van der Waals surface area contributed by atoms with E-state index in [1.165, 1.54) is 22.0 Å². The second-order valence-electron chi connectivity index (χ2n) is 7.93. The molecular formula is C23H27N5O2S. The number of ether oxygens (including phenoxy) is 1.